The lowest BCUT2D eigenvalue weighted by molar-refractivity contribution is -0.132. The third kappa shape index (κ3) is 3.25. The molecule has 3 atom stereocenters. The van der Waals surface area contributed by atoms with E-state index < -0.39 is 0 Å². The number of H-pyrrole nitrogens is 1. The molecule has 3 heterocycles. The maximum absolute atomic E-state index is 12.6. The summed E-state index contributed by atoms with van der Waals surface area (Å²) in [6, 6.07) is 6.14. The average molecular weight is 327 g/mol. The van der Waals surface area contributed by atoms with Crippen molar-refractivity contribution in [2.45, 2.75) is 50.9 Å². The average Bonchev–Trinajstić information content (AvgIpc) is 3.04. The van der Waals surface area contributed by atoms with Crippen LogP contribution in [0.5, 0.6) is 0 Å². The summed E-state index contributed by atoms with van der Waals surface area (Å²) in [6.07, 6.45) is 6.42. The monoisotopic (exact) mass is 327 g/mol. The number of aromatic amines is 1. The van der Waals surface area contributed by atoms with Crippen molar-refractivity contribution in [1.29, 1.82) is 0 Å². The second-order valence-corrected chi connectivity index (χ2v) is 7.31. The van der Waals surface area contributed by atoms with Crippen molar-refractivity contribution >= 4 is 5.91 Å². The first-order chi connectivity index (χ1) is 11.7. The maximum atomic E-state index is 12.6. The van der Waals surface area contributed by atoms with Crippen LogP contribution in [0.4, 0.5) is 0 Å². The number of piperidine rings is 1. The molecule has 0 unspecified atom stereocenters. The summed E-state index contributed by atoms with van der Waals surface area (Å²) in [6.45, 7) is 3.92. The highest BCUT2D eigenvalue weighted by molar-refractivity contribution is 5.76. The van der Waals surface area contributed by atoms with Crippen molar-refractivity contribution in [3.8, 4) is 0 Å². The molecule has 24 heavy (non-hydrogen) atoms. The van der Waals surface area contributed by atoms with Gasteiger partial charge in [-0.2, -0.15) is 5.10 Å². The Morgan fingerprint density at radius 1 is 1.42 bits per heavy atom. The quantitative estimate of drug-likeness (QED) is 0.914. The van der Waals surface area contributed by atoms with Crippen molar-refractivity contribution in [3.63, 3.8) is 0 Å². The van der Waals surface area contributed by atoms with E-state index in [-0.39, 0.29) is 5.91 Å². The van der Waals surface area contributed by atoms with E-state index in [4.69, 9.17) is 4.42 Å². The fourth-order valence-electron chi connectivity index (χ4n) is 3.79. The molecule has 1 amide bonds. The van der Waals surface area contributed by atoms with Crippen LogP contribution < -0.4 is 0 Å². The number of rotatable bonds is 5. The van der Waals surface area contributed by atoms with E-state index in [1.165, 1.54) is 6.42 Å². The van der Waals surface area contributed by atoms with E-state index in [0.717, 1.165) is 49.1 Å². The first kappa shape index (κ1) is 15.5. The van der Waals surface area contributed by atoms with Crippen LogP contribution in [0, 0.1) is 5.92 Å². The van der Waals surface area contributed by atoms with Crippen molar-refractivity contribution in [1.82, 2.24) is 15.1 Å². The molecular weight excluding hydrogens is 302 g/mol. The number of hydrogen-bond donors (Lipinski definition) is 1. The molecule has 1 N–H and O–H groups in total. The lowest BCUT2D eigenvalue weighted by Gasteiger charge is -2.32. The fraction of sp³-hybridized carbons (Fsp3) is 0.579. The Balaban J connectivity index is 1.30. The van der Waals surface area contributed by atoms with Gasteiger partial charge in [0.1, 0.15) is 11.5 Å². The van der Waals surface area contributed by atoms with Gasteiger partial charge in [-0.1, -0.05) is 6.92 Å². The van der Waals surface area contributed by atoms with Crippen molar-refractivity contribution in [3.05, 3.63) is 41.6 Å². The van der Waals surface area contributed by atoms with Crippen LogP contribution in [0.1, 0.15) is 61.7 Å². The highest BCUT2D eigenvalue weighted by atomic mass is 16.3. The molecule has 2 fully saturated rings. The van der Waals surface area contributed by atoms with Crippen molar-refractivity contribution in [2.24, 2.45) is 5.92 Å². The fourth-order valence-corrected chi connectivity index (χ4v) is 3.79. The molecule has 1 aliphatic heterocycles. The number of carbonyl (C=O) groups excluding carboxylic acids is 1. The van der Waals surface area contributed by atoms with Gasteiger partial charge in [-0.25, -0.2) is 0 Å². The highest BCUT2D eigenvalue weighted by Gasteiger charge is 2.36. The van der Waals surface area contributed by atoms with Crippen LogP contribution in [-0.2, 0) is 11.2 Å². The smallest absolute Gasteiger partial charge is 0.223 e. The van der Waals surface area contributed by atoms with E-state index in [9.17, 15) is 4.79 Å². The summed E-state index contributed by atoms with van der Waals surface area (Å²) in [5.74, 6) is 4.01. The standard InChI is InChI=1S/C19H25N3O2/c1-13-11-16(13)18-6-4-15(24-18)5-7-19(23)22-10-2-3-14(12-22)17-8-9-20-21-17/h4,6,8-9,13-14,16H,2-3,5,7,10-12H2,1H3,(H,20,21)/t13-,14+,16-/m1/s1. The van der Waals surface area contributed by atoms with Gasteiger partial charge in [-0.15, -0.1) is 0 Å². The summed E-state index contributed by atoms with van der Waals surface area (Å²) in [5.41, 5.74) is 1.14. The summed E-state index contributed by atoms with van der Waals surface area (Å²) < 4.78 is 5.91. The minimum absolute atomic E-state index is 0.233. The first-order valence-corrected chi connectivity index (χ1v) is 9.06. The van der Waals surface area contributed by atoms with Crippen LogP contribution in [-0.4, -0.2) is 34.1 Å². The SMILES string of the molecule is C[C@@H]1C[C@H]1c1ccc(CCC(=O)N2CCC[C@H](c3ccn[nH]3)C2)o1. The molecule has 2 aliphatic rings. The minimum atomic E-state index is 0.233. The predicted octanol–water partition coefficient (Wildman–Crippen LogP) is 3.46. The Morgan fingerprint density at radius 2 is 2.29 bits per heavy atom. The first-order valence-electron chi connectivity index (χ1n) is 9.06. The van der Waals surface area contributed by atoms with Crippen LogP contribution >= 0.6 is 0 Å². The zero-order chi connectivity index (χ0) is 16.5. The van der Waals surface area contributed by atoms with E-state index >= 15 is 0 Å². The lowest BCUT2D eigenvalue weighted by atomic mass is 9.94. The van der Waals surface area contributed by atoms with Crippen LogP contribution in [0.15, 0.2) is 28.8 Å². The number of furan rings is 1. The zero-order valence-electron chi connectivity index (χ0n) is 14.2. The van der Waals surface area contributed by atoms with Gasteiger partial charge < -0.3 is 9.32 Å². The third-order valence-electron chi connectivity index (χ3n) is 5.48. The number of amides is 1. The Hall–Kier alpha value is -2.04. The van der Waals surface area contributed by atoms with Crippen LogP contribution in [0.25, 0.3) is 0 Å². The van der Waals surface area contributed by atoms with Gasteiger partial charge in [-0.3, -0.25) is 9.89 Å². The van der Waals surface area contributed by atoms with Crippen molar-refractivity contribution in [2.75, 3.05) is 13.1 Å². The van der Waals surface area contributed by atoms with Gasteiger partial charge in [0.15, 0.2) is 0 Å². The van der Waals surface area contributed by atoms with Gasteiger partial charge in [-0.05, 0) is 43.4 Å². The molecule has 0 radical (unpaired) electrons. The van der Waals surface area contributed by atoms with E-state index in [1.54, 1.807) is 6.20 Å². The number of nitrogens with zero attached hydrogens (tertiary/aromatic N) is 2. The number of aromatic nitrogens is 2. The minimum Gasteiger partial charge on any atom is -0.466 e. The second kappa shape index (κ2) is 6.46. The lowest BCUT2D eigenvalue weighted by Crippen LogP contribution is -2.39. The largest absolute Gasteiger partial charge is 0.466 e. The van der Waals surface area contributed by atoms with Crippen LogP contribution in [0.3, 0.4) is 0 Å². The summed E-state index contributed by atoms with van der Waals surface area (Å²) in [5, 5.41) is 7.07. The van der Waals surface area contributed by atoms with E-state index in [1.807, 2.05) is 17.0 Å². The van der Waals surface area contributed by atoms with Crippen molar-refractivity contribution < 1.29 is 9.21 Å². The molecule has 5 nitrogen and oxygen atoms in total. The Labute approximate surface area is 142 Å². The summed E-state index contributed by atoms with van der Waals surface area (Å²) in [4.78, 5) is 14.6. The molecule has 2 aromatic heterocycles. The molecule has 0 bridgehead atoms. The van der Waals surface area contributed by atoms with Crippen LogP contribution in [0.2, 0.25) is 0 Å². The number of aryl methyl sites for hydroxylation is 1. The van der Waals surface area contributed by atoms with Gasteiger partial charge in [0.25, 0.3) is 0 Å². The molecule has 1 aliphatic carbocycles. The number of nitrogens with one attached hydrogen (secondary N) is 1. The Bertz CT molecular complexity index is 691. The van der Waals surface area contributed by atoms with E-state index in [2.05, 4.69) is 23.2 Å². The normalized spacial score (nSPS) is 26.5. The van der Waals surface area contributed by atoms with Gasteiger partial charge in [0, 0.05) is 49.7 Å². The summed E-state index contributed by atoms with van der Waals surface area (Å²) >= 11 is 0. The molecule has 128 valence electrons. The van der Waals surface area contributed by atoms with Gasteiger partial charge >= 0.3 is 0 Å². The Morgan fingerprint density at radius 3 is 3.04 bits per heavy atom. The van der Waals surface area contributed by atoms with Gasteiger partial charge in [0.05, 0.1) is 0 Å². The molecular formula is C19H25N3O2. The molecule has 5 heteroatoms. The topological polar surface area (TPSA) is 62.1 Å². The summed E-state index contributed by atoms with van der Waals surface area (Å²) in [7, 11) is 0. The second-order valence-electron chi connectivity index (χ2n) is 7.31. The third-order valence-corrected chi connectivity index (χ3v) is 5.48. The predicted molar refractivity (Wildman–Crippen MR) is 90.7 cm³/mol. The molecule has 4 rings (SSSR count). The maximum Gasteiger partial charge on any atom is 0.223 e. The Kier molecular flexibility index (Phi) is 4.17. The molecule has 1 saturated carbocycles. The zero-order valence-corrected chi connectivity index (χ0v) is 14.2. The number of hydrogen-bond acceptors (Lipinski definition) is 3. The van der Waals surface area contributed by atoms with Gasteiger partial charge in [0.2, 0.25) is 5.91 Å². The number of carbonyl (C=O) groups is 1. The highest BCUT2D eigenvalue weighted by Crippen LogP contribution is 2.47. The molecule has 0 spiro atoms. The molecule has 1 saturated heterocycles. The number of likely N-dealkylation sites (tertiary alicyclic amines) is 1. The molecule has 0 aromatic carbocycles. The van der Waals surface area contributed by atoms with E-state index in [0.29, 0.717) is 24.7 Å². The molecule has 2 aromatic rings.